The maximum absolute atomic E-state index is 6.08. The smallest absolute Gasteiger partial charge is 0.0234 e. The summed E-state index contributed by atoms with van der Waals surface area (Å²) in [5.41, 5.74) is 7.47. The molecule has 2 nitrogen and oxygen atoms in total. The lowest BCUT2D eigenvalue weighted by molar-refractivity contribution is 0.162. The SMILES string of the molecule is C[C@@H]1CCN(Cc2ccccc2)C[C@@H]1N. The third-order valence-electron chi connectivity index (χ3n) is 3.35. The summed E-state index contributed by atoms with van der Waals surface area (Å²) in [5, 5.41) is 0. The molecule has 1 aromatic carbocycles. The van der Waals surface area contributed by atoms with Crippen molar-refractivity contribution >= 4 is 0 Å². The van der Waals surface area contributed by atoms with Crippen molar-refractivity contribution in [2.45, 2.75) is 25.9 Å². The minimum absolute atomic E-state index is 0.350. The highest BCUT2D eigenvalue weighted by Gasteiger charge is 2.22. The third-order valence-corrected chi connectivity index (χ3v) is 3.35. The van der Waals surface area contributed by atoms with E-state index >= 15 is 0 Å². The molecule has 0 unspecified atom stereocenters. The van der Waals surface area contributed by atoms with Crippen molar-refractivity contribution in [3.63, 3.8) is 0 Å². The Morgan fingerprint density at radius 1 is 1.33 bits per heavy atom. The molecule has 2 atom stereocenters. The lowest BCUT2D eigenvalue weighted by Crippen LogP contribution is -2.47. The van der Waals surface area contributed by atoms with E-state index in [1.165, 1.54) is 18.5 Å². The quantitative estimate of drug-likeness (QED) is 0.796. The molecule has 2 N–H and O–H groups in total. The second kappa shape index (κ2) is 4.77. The second-order valence-electron chi connectivity index (χ2n) is 4.65. The molecule has 0 radical (unpaired) electrons. The maximum atomic E-state index is 6.08. The Labute approximate surface area is 92.1 Å². The zero-order valence-electron chi connectivity index (χ0n) is 9.39. The first-order valence-corrected chi connectivity index (χ1v) is 5.77. The molecule has 0 aliphatic carbocycles. The topological polar surface area (TPSA) is 29.3 Å². The molecule has 1 aromatic rings. The van der Waals surface area contributed by atoms with Crippen LogP contribution in [0.5, 0.6) is 0 Å². The molecule has 1 aliphatic heterocycles. The zero-order chi connectivity index (χ0) is 10.7. The zero-order valence-corrected chi connectivity index (χ0v) is 9.39. The summed E-state index contributed by atoms with van der Waals surface area (Å²) in [4.78, 5) is 2.46. The van der Waals surface area contributed by atoms with E-state index < -0.39 is 0 Å². The standard InChI is InChI=1S/C13H20N2/c1-11-7-8-15(10-13(11)14)9-12-5-3-2-4-6-12/h2-6,11,13H,7-10,14H2,1H3/t11-,13+/m1/s1. The van der Waals surface area contributed by atoms with Crippen LogP contribution in [0.1, 0.15) is 18.9 Å². The van der Waals surface area contributed by atoms with Gasteiger partial charge in [-0.1, -0.05) is 37.3 Å². The molecule has 2 rings (SSSR count). The van der Waals surface area contributed by atoms with Crippen LogP contribution in [0.3, 0.4) is 0 Å². The Bertz CT molecular complexity index is 297. The summed E-state index contributed by atoms with van der Waals surface area (Å²) < 4.78 is 0. The third kappa shape index (κ3) is 2.80. The van der Waals surface area contributed by atoms with Crippen molar-refractivity contribution in [3.05, 3.63) is 35.9 Å². The Balaban J connectivity index is 1.91. The van der Waals surface area contributed by atoms with Gasteiger partial charge >= 0.3 is 0 Å². The van der Waals surface area contributed by atoms with Crippen molar-refractivity contribution in [2.24, 2.45) is 11.7 Å². The van der Waals surface area contributed by atoms with Gasteiger partial charge in [0.15, 0.2) is 0 Å². The number of nitrogens with zero attached hydrogens (tertiary/aromatic N) is 1. The fraction of sp³-hybridized carbons (Fsp3) is 0.538. The van der Waals surface area contributed by atoms with Gasteiger partial charge in [0.1, 0.15) is 0 Å². The van der Waals surface area contributed by atoms with Crippen molar-refractivity contribution in [1.29, 1.82) is 0 Å². The lowest BCUT2D eigenvalue weighted by atomic mass is 9.94. The van der Waals surface area contributed by atoms with E-state index in [1.54, 1.807) is 0 Å². The van der Waals surface area contributed by atoms with Crippen LogP contribution in [0.4, 0.5) is 0 Å². The fourth-order valence-corrected chi connectivity index (χ4v) is 2.15. The van der Waals surface area contributed by atoms with Crippen LogP contribution in [0.15, 0.2) is 30.3 Å². The first kappa shape index (κ1) is 10.7. The average molecular weight is 204 g/mol. The number of likely N-dealkylation sites (tertiary alicyclic amines) is 1. The number of nitrogens with two attached hydrogens (primary N) is 1. The van der Waals surface area contributed by atoms with Gasteiger partial charge in [-0.3, -0.25) is 4.90 Å². The first-order chi connectivity index (χ1) is 7.25. The van der Waals surface area contributed by atoms with E-state index in [1.807, 2.05) is 0 Å². The molecule has 1 aliphatic rings. The minimum atomic E-state index is 0.350. The molecule has 0 saturated carbocycles. The monoisotopic (exact) mass is 204 g/mol. The number of benzene rings is 1. The Morgan fingerprint density at radius 2 is 2.07 bits per heavy atom. The highest BCUT2D eigenvalue weighted by Crippen LogP contribution is 2.17. The molecule has 0 spiro atoms. The van der Waals surface area contributed by atoms with Crippen molar-refractivity contribution in [3.8, 4) is 0 Å². The van der Waals surface area contributed by atoms with Crippen molar-refractivity contribution < 1.29 is 0 Å². The minimum Gasteiger partial charge on any atom is -0.326 e. The van der Waals surface area contributed by atoms with Gasteiger partial charge in [0.25, 0.3) is 0 Å². The Morgan fingerprint density at radius 3 is 2.73 bits per heavy atom. The number of hydrogen-bond donors (Lipinski definition) is 1. The molecule has 1 heterocycles. The molecule has 2 heteroatoms. The van der Waals surface area contributed by atoms with Crippen LogP contribution in [-0.2, 0) is 6.54 Å². The van der Waals surface area contributed by atoms with Crippen molar-refractivity contribution in [2.75, 3.05) is 13.1 Å². The molecule has 0 aromatic heterocycles. The van der Waals surface area contributed by atoms with Gasteiger partial charge in [-0.05, 0) is 24.4 Å². The summed E-state index contributed by atoms with van der Waals surface area (Å²) >= 11 is 0. The molecule has 82 valence electrons. The fourth-order valence-electron chi connectivity index (χ4n) is 2.15. The number of hydrogen-bond acceptors (Lipinski definition) is 2. The summed E-state index contributed by atoms with van der Waals surface area (Å²) in [5.74, 6) is 0.678. The molecule has 15 heavy (non-hydrogen) atoms. The van der Waals surface area contributed by atoms with E-state index in [9.17, 15) is 0 Å². The highest BCUT2D eigenvalue weighted by molar-refractivity contribution is 5.14. The number of rotatable bonds is 2. The van der Waals surface area contributed by atoms with E-state index in [0.717, 1.165) is 13.1 Å². The molecule has 1 fully saturated rings. The summed E-state index contributed by atoms with van der Waals surface area (Å²) in [6, 6.07) is 11.0. The predicted octanol–water partition coefficient (Wildman–Crippen LogP) is 1.86. The maximum Gasteiger partial charge on any atom is 0.0234 e. The van der Waals surface area contributed by atoms with Crippen LogP contribution in [0.2, 0.25) is 0 Å². The van der Waals surface area contributed by atoms with Gasteiger partial charge in [-0.25, -0.2) is 0 Å². The van der Waals surface area contributed by atoms with E-state index in [-0.39, 0.29) is 0 Å². The number of piperidine rings is 1. The van der Waals surface area contributed by atoms with Gasteiger partial charge < -0.3 is 5.73 Å². The van der Waals surface area contributed by atoms with E-state index in [2.05, 4.69) is 42.2 Å². The predicted molar refractivity (Wildman–Crippen MR) is 63.5 cm³/mol. The van der Waals surface area contributed by atoms with Crippen molar-refractivity contribution in [1.82, 2.24) is 4.90 Å². The van der Waals surface area contributed by atoms with E-state index in [0.29, 0.717) is 12.0 Å². The molecular weight excluding hydrogens is 184 g/mol. The summed E-state index contributed by atoms with van der Waals surface area (Å²) in [7, 11) is 0. The van der Waals surface area contributed by atoms with Crippen LogP contribution < -0.4 is 5.73 Å². The van der Waals surface area contributed by atoms with Gasteiger partial charge in [0, 0.05) is 19.1 Å². The summed E-state index contributed by atoms with van der Waals surface area (Å²) in [6.45, 7) is 5.52. The van der Waals surface area contributed by atoms with Gasteiger partial charge in [-0.2, -0.15) is 0 Å². The van der Waals surface area contributed by atoms with Crippen LogP contribution in [0.25, 0.3) is 0 Å². The van der Waals surface area contributed by atoms with Crippen LogP contribution in [0, 0.1) is 5.92 Å². The van der Waals surface area contributed by atoms with Crippen LogP contribution in [-0.4, -0.2) is 24.0 Å². The second-order valence-corrected chi connectivity index (χ2v) is 4.65. The van der Waals surface area contributed by atoms with E-state index in [4.69, 9.17) is 5.73 Å². The molecular formula is C13H20N2. The molecule has 0 amide bonds. The lowest BCUT2D eigenvalue weighted by Gasteiger charge is -2.35. The average Bonchev–Trinajstić information content (AvgIpc) is 2.25. The highest BCUT2D eigenvalue weighted by atomic mass is 15.1. The van der Waals surface area contributed by atoms with Crippen LogP contribution >= 0.6 is 0 Å². The first-order valence-electron chi connectivity index (χ1n) is 5.77. The van der Waals surface area contributed by atoms with Gasteiger partial charge in [-0.15, -0.1) is 0 Å². The largest absolute Gasteiger partial charge is 0.326 e. The Kier molecular flexibility index (Phi) is 3.39. The normalized spacial score (nSPS) is 27.9. The summed E-state index contributed by atoms with van der Waals surface area (Å²) in [6.07, 6.45) is 1.23. The molecule has 1 saturated heterocycles. The molecule has 0 bridgehead atoms. The Hall–Kier alpha value is -0.860. The van der Waals surface area contributed by atoms with Gasteiger partial charge in [0.05, 0.1) is 0 Å². The van der Waals surface area contributed by atoms with Gasteiger partial charge in [0.2, 0.25) is 0 Å².